The normalized spacial score (nSPS) is 12.5. The quantitative estimate of drug-likeness (QED) is 0.211. The van der Waals surface area contributed by atoms with Crippen LogP contribution in [0.3, 0.4) is 0 Å². The lowest BCUT2D eigenvalue weighted by Crippen LogP contribution is -2.21. The van der Waals surface area contributed by atoms with Crippen molar-refractivity contribution in [3.05, 3.63) is 100 Å². The molecule has 1 aromatic heterocycles. The van der Waals surface area contributed by atoms with Gasteiger partial charge in [0.2, 0.25) is 0 Å². The summed E-state index contributed by atoms with van der Waals surface area (Å²) in [5.41, 5.74) is 5.17. The summed E-state index contributed by atoms with van der Waals surface area (Å²) < 4.78 is 0. The van der Waals surface area contributed by atoms with Gasteiger partial charge in [0.1, 0.15) is 0 Å². The summed E-state index contributed by atoms with van der Waals surface area (Å²) in [6.45, 7) is 3.85. The molecule has 3 aromatic rings. The van der Waals surface area contributed by atoms with E-state index in [4.69, 9.17) is 0 Å². The first kappa shape index (κ1) is 22.7. The average Bonchev–Trinajstić information content (AvgIpc) is 2.75. The predicted molar refractivity (Wildman–Crippen MR) is 119 cm³/mol. The zero-order chi connectivity index (χ0) is 23.3. The first-order valence-corrected chi connectivity index (χ1v) is 10.1. The van der Waals surface area contributed by atoms with Gasteiger partial charge in [-0.05, 0) is 48.2 Å². The fraction of sp³-hybridized carbons (Fsp3) is 0.200. The summed E-state index contributed by atoms with van der Waals surface area (Å²) in [5, 5.41) is 31.8. The number of hydrogen-bond donors (Lipinski definition) is 3. The lowest BCUT2D eigenvalue weighted by molar-refractivity contribution is -0.150. The molecule has 7 nitrogen and oxygen atoms in total. The maximum atomic E-state index is 11.4. The summed E-state index contributed by atoms with van der Waals surface area (Å²) >= 11 is 0. The molecule has 0 aliphatic heterocycles. The predicted octanol–water partition coefficient (Wildman–Crippen LogP) is 4.35. The van der Waals surface area contributed by atoms with E-state index >= 15 is 0 Å². The van der Waals surface area contributed by atoms with Crippen molar-refractivity contribution in [2.75, 3.05) is 0 Å². The van der Waals surface area contributed by atoms with Gasteiger partial charge in [-0.1, -0.05) is 53.7 Å². The molecule has 1 atom stereocenters. The number of nitrogens with zero attached hydrogens (tertiary/aromatic N) is 2. The highest BCUT2D eigenvalue weighted by atomic mass is 16.4. The highest BCUT2D eigenvalue weighted by Crippen LogP contribution is 2.33. The first-order chi connectivity index (χ1) is 15.3. The molecule has 0 aliphatic rings. The van der Waals surface area contributed by atoms with Gasteiger partial charge in [-0.3, -0.25) is 14.6 Å². The van der Waals surface area contributed by atoms with Crippen molar-refractivity contribution in [3.63, 3.8) is 0 Å². The van der Waals surface area contributed by atoms with Gasteiger partial charge in [0.25, 0.3) is 0 Å². The van der Waals surface area contributed by atoms with Crippen molar-refractivity contribution >= 4 is 17.7 Å². The Morgan fingerprint density at radius 3 is 2.12 bits per heavy atom. The number of carbonyl (C=O) groups is 2. The molecular weight excluding hydrogens is 408 g/mol. The topological polar surface area (TPSA) is 120 Å². The molecule has 1 heterocycles. The van der Waals surface area contributed by atoms with E-state index in [0.29, 0.717) is 12.1 Å². The third kappa shape index (κ3) is 5.00. The van der Waals surface area contributed by atoms with Gasteiger partial charge >= 0.3 is 11.9 Å². The van der Waals surface area contributed by atoms with Gasteiger partial charge in [0.05, 0.1) is 5.71 Å². The smallest absolute Gasteiger partial charge is 0.322 e. The Morgan fingerprint density at radius 1 is 0.938 bits per heavy atom. The molecule has 0 saturated carbocycles. The highest BCUT2D eigenvalue weighted by molar-refractivity contribution is 6.01. The van der Waals surface area contributed by atoms with Crippen LogP contribution in [-0.4, -0.2) is 38.1 Å². The summed E-state index contributed by atoms with van der Waals surface area (Å²) in [5.74, 6) is -4.65. The van der Waals surface area contributed by atoms with Gasteiger partial charge in [0.15, 0.2) is 5.92 Å². The zero-order valence-electron chi connectivity index (χ0n) is 17.8. The molecule has 0 fully saturated rings. The lowest BCUT2D eigenvalue weighted by Gasteiger charge is -2.21. The van der Waals surface area contributed by atoms with Crippen molar-refractivity contribution in [2.45, 2.75) is 32.1 Å². The SMILES string of the molecule is Cc1cc(C(C[C@@H](c2ccc(C(C(=O)O)C(=O)O)cc2)c2ccccc2C)=NO)ccn1. The molecule has 0 saturated heterocycles. The standard InChI is InChI=1S/C25H24N2O5/c1-15-5-3-4-6-20(15)21(14-22(27-32)19-11-12-26-16(2)13-19)17-7-9-18(10-8-17)23(24(28)29)25(30)31/h3-13,21,23,32H,14H2,1-2H3,(H,28,29)(H,30,31)/t21-/m0/s1. The van der Waals surface area contributed by atoms with Crippen LogP contribution in [0.1, 0.15) is 51.8 Å². The fourth-order valence-electron chi connectivity index (χ4n) is 3.83. The van der Waals surface area contributed by atoms with Crippen LogP contribution in [0.5, 0.6) is 0 Å². The monoisotopic (exact) mass is 432 g/mol. The van der Waals surface area contributed by atoms with Gasteiger partial charge in [0, 0.05) is 29.8 Å². The van der Waals surface area contributed by atoms with Crippen LogP contribution < -0.4 is 0 Å². The Hall–Kier alpha value is -4.00. The van der Waals surface area contributed by atoms with Crippen molar-refractivity contribution < 1.29 is 25.0 Å². The summed E-state index contributed by atoms with van der Waals surface area (Å²) in [4.78, 5) is 26.9. The number of oxime groups is 1. The van der Waals surface area contributed by atoms with Crippen LogP contribution in [0.4, 0.5) is 0 Å². The van der Waals surface area contributed by atoms with Crippen LogP contribution in [0.15, 0.2) is 72.0 Å². The minimum atomic E-state index is -1.63. The summed E-state index contributed by atoms with van der Waals surface area (Å²) in [6, 6.07) is 18.0. The van der Waals surface area contributed by atoms with E-state index in [1.54, 1.807) is 24.4 Å². The second kappa shape index (κ2) is 9.87. The average molecular weight is 432 g/mol. The molecule has 0 aliphatic carbocycles. The molecule has 3 N–H and O–H groups in total. The Bertz CT molecular complexity index is 1140. The molecule has 0 bridgehead atoms. The van der Waals surface area contributed by atoms with E-state index in [9.17, 15) is 25.0 Å². The third-order valence-electron chi connectivity index (χ3n) is 5.48. The number of pyridine rings is 1. The molecule has 0 amide bonds. The maximum absolute atomic E-state index is 11.4. The second-order valence-electron chi connectivity index (χ2n) is 7.62. The minimum Gasteiger partial charge on any atom is -0.480 e. The number of carboxylic acids is 2. The molecular formula is C25H24N2O5. The lowest BCUT2D eigenvalue weighted by atomic mass is 9.82. The molecule has 32 heavy (non-hydrogen) atoms. The minimum absolute atomic E-state index is 0.193. The van der Waals surface area contributed by atoms with Crippen molar-refractivity contribution in [3.8, 4) is 0 Å². The van der Waals surface area contributed by atoms with Crippen LogP contribution in [0, 0.1) is 13.8 Å². The summed E-state index contributed by atoms with van der Waals surface area (Å²) in [6.07, 6.45) is 2.04. The molecule has 2 aromatic carbocycles. The number of carboxylic acid groups (broad SMARTS) is 2. The van der Waals surface area contributed by atoms with E-state index < -0.39 is 17.9 Å². The Labute approximate surface area is 185 Å². The highest BCUT2D eigenvalue weighted by Gasteiger charge is 2.28. The van der Waals surface area contributed by atoms with E-state index in [1.807, 2.05) is 44.2 Å². The van der Waals surface area contributed by atoms with Crippen LogP contribution in [-0.2, 0) is 9.59 Å². The number of aryl methyl sites for hydroxylation is 2. The maximum Gasteiger partial charge on any atom is 0.322 e. The van der Waals surface area contributed by atoms with Gasteiger partial charge < -0.3 is 15.4 Å². The molecule has 3 rings (SSSR count). The number of aliphatic carboxylic acids is 2. The number of hydrogen-bond acceptors (Lipinski definition) is 5. The van der Waals surface area contributed by atoms with Crippen molar-refractivity contribution in [1.82, 2.24) is 4.98 Å². The Morgan fingerprint density at radius 2 is 1.56 bits per heavy atom. The second-order valence-corrected chi connectivity index (χ2v) is 7.62. The number of aromatic nitrogens is 1. The third-order valence-corrected chi connectivity index (χ3v) is 5.48. The molecule has 7 heteroatoms. The van der Waals surface area contributed by atoms with E-state index in [-0.39, 0.29) is 11.5 Å². The molecule has 0 spiro atoms. The van der Waals surface area contributed by atoms with E-state index in [0.717, 1.165) is 27.9 Å². The molecule has 0 radical (unpaired) electrons. The zero-order valence-corrected chi connectivity index (χ0v) is 17.8. The largest absolute Gasteiger partial charge is 0.480 e. The number of rotatable bonds is 8. The summed E-state index contributed by atoms with van der Waals surface area (Å²) in [7, 11) is 0. The Balaban J connectivity index is 2.03. The van der Waals surface area contributed by atoms with Gasteiger partial charge in [-0.2, -0.15) is 0 Å². The van der Waals surface area contributed by atoms with Gasteiger partial charge in [-0.15, -0.1) is 0 Å². The molecule has 0 unspecified atom stereocenters. The fourth-order valence-corrected chi connectivity index (χ4v) is 3.83. The van der Waals surface area contributed by atoms with Crippen LogP contribution >= 0.6 is 0 Å². The van der Waals surface area contributed by atoms with Crippen LogP contribution in [0.2, 0.25) is 0 Å². The van der Waals surface area contributed by atoms with E-state index in [2.05, 4.69) is 10.1 Å². The van der Waals surface area contributed by atoms with Crippen molar-refractivity contribution in [2.24, 2.45) is 5.16 Å². The van der Waals surface area contributed by atoms with Crippen LogP contribution in [0.25, 0.3) is 0 Å². The Kier molecular flexibility index (Phi) is 7.00. The number of benzene rings is 2. The first-order valence-electron chi connectivity index (χ1n) is 10.1. The van der Waals surface area contributed by atoms with Gasteiger partial charge in [-0.25, -0.2) is 0 Å². The van der Waals surface area contributed by atoms with Crippen molar-refractivity contribution in [1.29, 1.82) is 0 Å². The van der Waals surface area contributed by atoms with E-state index in [1.165, 1.54) is 12.1 Å². The molecule has 164 valence electrons.